The molecular weight excluding hydrogens is 294 g/mol. The summed E-state index contributed by atoms with van der Waals surface area (Å²) >= 11 is 3.35. The average Bonchev–Trinajstić information content (AvgIpc) is 2.42. The molecule has 1 saturated heterocycles. The molecule has 1 rings (SSSR count). The maximum atomic E-state index is 12.3. The van der Waals surface area contributed by atoms with Gasteiger partial charge in [0.15, 0.2) is 5.78 Å². The summed E-state index contributed by atoms with van der Waals surface area (Å²) in [5.41, 5.74) is -0.423. The van der Waals surface area contributed by atoms with Gasteiger partial charge in [-0.05, 0) is 24.3 Å². The molecule has 0 bridgehead atoms. The Morgan fingerprint density at radius 3 is 2.40 bits per heavy atom. The Bertz CT molecular complexity index is 336. The molecule has 0 aromatic heterocycles. The number of nitrogens with one attached hydrogen (secondary N) is 1. The third-order valence-corrected chi connectivity index (χ3v) is 6.08. The zero-order valence-corrected chi connectivity index (χ0v) is 14.1. The number of Topliss-reactive ketones (excluding diaryl/α,β-unsaturated/α-hetero) is 1. The quantitative estimate of drug-likeness (QED) is 0.783. The highest BCUT2D eigenvalue weighted by molar-refractivity contribution is 8.18. The lowest BCUT2D eigenvalue weighted by Gasteiger charge is -2.24. The van der Waals surface area contributed by atoms with Crippen molar-refractivity contribution >= 4 is 35.2 Å². The molecule has 4 nitrogen and oxygen atoms in total. The van der Waals surface area contributed by atoms with Gasteiger partial charge in [-0.1, -0.05) is 20.8 Å². The maximum absolute atomic E-state index is 12.3. The van der Waals surface area contributed by atoms with Crippen molar-refractivity contribution in [3.05, 3.63) is 0 Å². The first-order chi connectivity index (χ1) is 9.36. The smallest absolute Gasteiger partial charge is 0.225 e. The molecule has 0 radical (unpaired) electrons. The highest BCUT2D eigenvalue weighted by atomic mass is 32.2. The van der Waals surface area contributed by atoms with E-state index >= 15 is 0 Å². The van der Waals surface area contributed by atoms with E-state index in [2.05, 4.69) is 5.32 Å². The lowest BCUT2D eigenvalue weighted by atomic mass is 9.95. The first-order valence-corrected chi connectivity index (χ1v) is 9.12. The number of aliphatic hydroxyl groups is 1. The molecule has 0 saturated carbocycles. The van der Waals surface area contributed by atoms with Gasteiger partial charge in [0.2, 0.25) is 5.91 Å². The molecule has 0 spiro atoms. The third kappa shape index (κ3) is 5.66. The molecule has 1 atom stereocenters. The van der Waals surface area contributed by atoms with Crippen LogP contribution in [0, 0.1) is 11.3 Å². The molecule has 0 aliphatic carbocycles. The normalized spacial score (nSPS) is 18.6. The zero-order valence-electron chi connectivity index (χ0n) is 12.5. The van der Waals surface area contributed by atoms with Gasteiger partial charge in [-0.15, -0.1) is 23.5 Å². The highest BCUT2D eigenvalue weighted by Crippen LogP contribution is 2.33. The number of rotatable bonds is 6. The minimum absolute atomic E-state index is 0.0249. The number of amides is 1. The molecule has 0 aromatic carbocycles. The van der Waals surface area contributed by atoms with E-state index < -0.39 is 5.41 Å². The fourth-order valence-electron chi connectivity index (χ4n) is 1.79. The van der Waals surface area contributed by atoms with Crippen LogP contribution < -0.4 is 5.32 Å². The number of hydrogen-bond acceptors (Lipinski definition) is 5. The molecule has 6 heteroatoms. The molecule has 1 amide bonds. The molecule has 2 N–H and O–H groups in total. The Balaban J connectivity index is 2.39. The predicted octanol–water partition coefficient (Wildman–Crippen LogP) is 1.91. The van der Waals surface area contributed by atoms with Gasteiger partial charge in [0.25, 0.3) is 0 Å². The fraction of sp³-hybridized carbons (Fsp3) is 0.857. The Hall–Kier alpha value is -0.200. The van der Waals surface area contributed by atoms with Gasteiger partial charge >= 0.3 is 0 Å². The third-order valence-electron chi connectivity index (χ3n) is 3.14. The summed E-state index contributed by atoms with van der Waals surface area (Å²) in [6.45, 7) is 5.86. The van der Waals surface area contributed by atoms with Crippen molar-refractivity contribution in [3.8, 4) is 0 Å². The van der Waals surface area contributed by atoms with Gasteiger partial charge in [-0.2, -0.15) is 0 Å². The molecule has 1 fully saturated rings. The van der Waals surface area contributed by atoms with Crippen molar-refractivity contribution in [1.29, 1.82) is 0 Å². The van der Waals surface area contributed by atoms with E-state index in [-0.39, 0.29) is 28.8 Å². The van der Waals surface area contributed by atoms with E-state index in [0.29, 0.717) is 13.0 Å². The Morgan fingerprint density at radius 2 is 1.90 bits per heavy atom. The van der Waals surface area contributed by atoms with Crippen molar-refractivity contribution in [3.63, 3.8) is 0 Å². The molecule has 0 aromatic rings. The van der Waals surface area contributed by atoms with Crippen LogP contribution in [0.2, 0.25) is 0 Å². The second-order valence-electron chi connectivity index (χ2n) is 6.00. The first kappa shape index (κ1) is 17.9. The van der Waals surface area contributed by atoms with E-state index in [0.717, 1.165) is 17.9 Å². The molecule has 1 aliphatic rings. The molecule has 116 valence electrons. The van der Waals surface area contributed by atoms with Gasteiger partial charge in [0.05, 0.1) is 6.61 Å². The van der Waals surface area contributed by atoms with Crippen molar-refractivity contribution in [2.45, 2.75) is 38.2 Å². The first-order valence-electron chi connectivity index (χ1n) is 7.02. The number of thioether (sulfide) groups is 2. The lowest BCUT2D eigenvalue weighted by Crippen LogP contribution is -2.37. The lowest BCUT2D eigenvalue weighted by molar-refractivity contribution is -0.129. The number of carbonyl (C=O) groups excluding carboxylic acids is 2. The summed E-state index contributed by atoms with van der Waals surface area (Å²) in [5, 5.41) is 12.2. The summed E-state index contributed by atoms with van der Waals surface area (Å²) < 4.78 is -0.0424. The number of hydrogen-bond donors (Lipinski definition) is 2. The van der Waals surface area contributed by atoms with Crippen LogP contribution in [-0.2, 0) is 9.59 Å². The molecule has 20 heavy (non-hydrogen) atoms. The van der Waals surface area contributed by atoms with E-state index in [4.69, 9.17) is 0 Å². The van der Waals surface area contributed by atoms with Crippen LogP contribution in [0.4, 0.5) is 0 Å². The molecule has 1 aliphatic heterocycles. The summed E-state index contributed by atoms with van der Waals surface area (Å²) in [5.74, 6) is 1.76. The van der Waals surface area contributed by atoms with Crippen LogP contribution in [-0.4, -0.2) is 46.0 Å². The average molecular weight is 319 g/mol. The van der Waals surface area contributed by atoms with E-state index in [9.17, 15) is 14.7 Å². The van der Waals surface area contributed by atoms with Crippen molar-refractivity contribution in [2.24, 2.45) is 11.3 Å². The van der Waals surface area contributed by atoms with E-state index in [1.165, 1.54) is 0 Å². The fourth-order valence-corrected chi connectivity index (χ4v) is 4.70. The van der Waals surface area contributed by atoms with Crippen molar-refractivity contribution in [2.75, 3.05) is 24.7 Å². The predicted molar refractivity (Wildman–Crippen MR) is 86.0 cm³/mol. The summed E-state index contributed by atoms with van der Waals surface area (Å²) in [7, 11) is 0. The van der Waals surface area contributed by atoms with Gasteiger partial charge < -0.3 is 10.4 Å². The number of ketones is 1. The Morgan fingerprint density at radius 1 is 1.30 bits per heavy atom. The minimum atomic E-state index is -0.423. The van der Waals surface area contributed by atoms with E-state index in [1.807, 2.05) is 20.8 Å². The summed E-state index contributed by atoms with van der Waals surface area (Å²) in [6.07, 6.45) is 1.65. The van der Waals surface area contributed by atoms with Crippen LogP contribution in [0.25, 0.3) is 0 Å². The Labute approximate surface area is 129 Å². The van der Waals surface area contributed by atoms with Crippen molar-refractivity contribution < 1.29 is 14.7 Å². The van der Waals surface area contributed by atoms with Gasteiger partial charge in [-0.3, -0.25) is 9.59 Å². The monoisotopic (exact) mass is 319 g/mol. The molecule has 1 unspecified atom stereocenters. The summed E-state index contributed by atoms with van der Waals surface area (Å²) in [4.78, 5) is 24.0. The number of carbonyl (C=O) groups is 2. The second kappa shape index (κ2) is 8.29. The number of aliphatic hydroxyl groups excluding tert-OH is 1. The van der Waals surface area contributed by atoms with Crippen LogP contribution in [0.1, 0.15) is 33.6 Å². The standard InChI is InChI=1S/C14H25NO3S2/c1-14(2,3)13(18)15-6-5-10(9-16)11(17)12-19-7-4-8-20-12/h10,12,16H,4-9H2,1-3H3,(H,15,18). The topological polar surface area (TPSA) is 66.4 Å². The van der Waals surface area contributed by atoms with Crippen LogP contribution in [0.5, 0.6) is 0 Å². The second-order valence-corrected chi connectivity index (χ2v) is 8.73. The molecular formula is C14H25NO3S2. The molecule has 1 heterocycles. The van der Waals surface area contributed by atoms with Crippen LogP contribution in [0.15, 0.2) is 0 Å². The van der Waals surface area contributed by atoms with Gasteiger partial charge in [0.1, 0.15) is 4.58 Å². The van der Waals surface area contributed by atoms with Crippen LogP contribution in [0.3, 0.4) is 0 Å². The maximum Gasteiger partial charge on any atom is 0.225 e. The highest BCUT2D eigenvalue weighted by Gasteiger charge is 2.29. The summed E-state index contributed by atoms with van der Waals surface area (Å²) in [6, 6.07) is 0. The Kier molecular flexibility index (Phi) is 7.40. The largest absolute Gasteiger partial charge is 0.396 e. The minimum Gasteiger partial charge on any atom is -0.396 e. The van der Waals surface area contributed by atoms with Crippen molar-refractivity contribution in [1.82, 2.24) is 5.32 Å². The SMILES string of the molecule is CC(C)(C)C(=O)NCCC(CO)C(=O)C1SCCCS1. The van der Waals surface area contributed by atoms with Gasteiger partial charge in [0, 0.05) is 17.9 Å². The van der Waals surface area contributed by atoms with Crippen LogP contribution >= 0.6 is 23.5 Å². The zero-order chi connectivity index (χ0) is 15.2. The van der Waals surface area contributed by atoms with Gasteiger partial charge in [-0.25, -0.2) is 0 Å². The van der Waals surface area contributed by atoms with E-state index in [1.54, 1.807) is 23.5 Å².